The highest BCUT2D eigenvalue weighted by Crippen LogP contribution is 2.35. The monoisotopic (exact) mass is 452 g/mol. The summed E-state index contributed by atoms with van der Waals surface area (Å²) in [6.07, 6.45) is 3.50. The molecule has 1 aliphatic carbocycles. The lowest BCUT2D eigenvalue weighted by molar-refractivity contribution is 0.136. The first-order valence-corrected chi connectivity index (χ1v) is 10.6. The van der Waals surface area contributed by atoms with Crippen molar-refractivity contribution < 1.29 is 13.9 Å². The molecule has 4 N–H and O–H groups in total. The molecule has 0 aliphatic heterocycles. The molecule has 0 saturated heterocycles. The highest BCUT2D eigenvalue weighted by molar-refractivity contribution is 9.10. The van der Waals surface area contributed by atoms with Crippen molar-refractivity contribution in [3.63, 3.8) is 0 Å². The third-order valence-corrected chi connectivity index (χ3v) is 6.16. The van der Waals surface area contributed by atoms with Crippen LogP contribution in [0.1, 0.15) is 48.1 Å². The molecule has 2 aromatic rings. The van der Waals surface area contributed by atoms with Crippen LogP contribution in [0.15, 0.2) is 34.8 Å². The Morgan fingerprint density at radius 3 is 2.57 bits per heavy atom. The standard InChI is InChI=1S/C22H27BrF2N2O/c1-2-13-8-18-17(19(23)9-13)4-3-5-21(18)27-12-22(28)20(26)10-14-6-15(24)11-16(25)7-14/h6-9,11,20-22,27-28H,2-5,10,12,26H2,1H3/t20-,21?,22+/m0/s1. The van der Waals surface area contributed by atoms with E-state index in [4.69, 9.17) is 5.73 Å². The molecule has 0 heterocycles. The minimum atomic E-state index is -0.811. The molecule has 0 bridgehead atoms. The van der Waals surface area contributed by atoms with Crippen molar-refractivity contribution in [3.05, 3.63) is 68.7 Å². The number of fused-ring (bicyclic) bond motifs is 1. The van der Waals surface area contributed by atoms with E-state index in [1.54, 1.807) is 0 Å². The fourth-order valence-electron chi connectivity index (χ4n) is 3.90. The first-order valence-electron chi connectivity index (χ1n) is 9.80. The van der Waals surface area contributed by atoms with Crippen molar-refractivity contribution in [1.29, 1.82) is 0 Å². The molecule has 152 valence electrons. The van der Waals surface area contributed by atoms with Gasteiger partial charge in [0.15, 0.2) is 0 Å². The van der Waals surface area contributed by atoms with Gasteiger partial charge in [-0.1, -0.05) is 28.9 Å². The van der Waals surface area contributed by atoms with Gasteiger partial charge in [0.1, 0.15) is 11.6 Å². The highest BCUT2D eigenvalue weighted by Gasteiger charge is 2.24. The predicted molar refractivity (Wildman–Crippen MR) is 111 cm³/mol. The van der Waals surface area contributed by atoms with Crippen LogP contribution in [0.25, 0.3) is 0 Å². The zero-order valence-corrected chi connectivity index (χ0v) is 17.6. The minimum Gasteiger partial charge on any atom is -0.390 e. The maximum absolute atomic E-state index is 13.3. The van der Waals surface area contributed by atoms with Crippen LogP contribution in [-0.4, -0.2) is 23.8 Å². The number of aryl methyl sites for hydroxylation is 1. The van der Waals surface area contributed by atoms with E-state index in [1.807, 2.05) is 0 Å². The summed E-state index contributed by atoms with van der Waals surface area (Å²) in [6.45, 7) is 2.47. The Labute approximate surface area is 173 Å². The van der Waals surface area contributed by atoms with Crippen molar-refractivity contribution in [2.24, 2.45) is 5.73 Å². The van der Waals surface area contributed by atoms with Gasteiger partial charge in [0, 0.05) is 29.2 Å². The van der Waals surface area contributed by atoms with Gasteiger partial charge in [-0.25, -0.2) is 8.78 Å². The number of aliphatic hydroxyl groups excluding tert-OH is 1. The molecular weight excluding hydrogens is 426 g/mol. The quantitative estimate of drug-likeness (QED) is 0.590. The van der Waals surface area contributed by atoms with Gasteiger partial charge in [0.2, 0.25) is 0 Å². The molecule has 28 heavy (non-hydrogen) atoms. The zero-order valence-electron chi connectivity index (χ0n) is 16.0. The lowest BCUT2D eigenvalue weighted by Gasteiger charge is -2.30. The van der Waals surface area contributed by atoms with E-state index >= 15 is 0 Å². The lowest BCUT2D eigenvalue weighted by atomic mass is 9.86. The zero-order chi connectivity index (χ0) is 20.3. The Kier molecular flexibility index (Phi) is 7.20. The summed E-state index contributed by atoms with van der Waals surface area (Å²) < 4.78 is 27.8. The number of benzene rings is 2. The summed E-state index contributed by atoms with van der Waals surface area (Å²) in [4.78, 5) is 0. The molecule has 0 aromatic heterocycles. The molecule has 1 unspecified atom stereocenters. The average Bonchev–Trinajstić information content (AvgIpc) is 2.65. The van der Waals surface area contributed by atoms with Crippen molar-refractivity contribution >= 4 is 15.9 Å². The summed E-state index contributed by atoms with van der Waals surface area (Å²) in [5, 5.41) is 13.9. The van der Waals surface area contributed by atoms with Crippen LogP contribution in [-0.2, 0) is 19.3 Å². The SMILES string of the molecule is CCc1cc(Br)c2c(c1)C(NC[C@@H](O)[C@@H](N)Cc1cc(F)cc(F)c1)CCC2. The Bertz CT molecular complexity index is 810. The molecule has 6 heteroatoms. The number of nitrogens with one attached hydrogen (secondary N) is 1. The average molecular weight is 453 g/mol. The van der Waals surface area contributed by atoms with E-state index in [0.29, 0.717) is 12.1 Å². The van der Waals surface area contributed by atoms with E-state index < -0.39 is 23.8 Å². The van der Waals surface area contributed by atoms with E-state index in [-0.39, 0.29) is 12.5 Å². The highest BCUT2D eigenvalue weighted by atomic mass is 79.9. The van der Waals surface area contributed by atoms with Gasteiger partial charge in [-0.2, -0.15) is 0 Å². The summed E-state index contributed by atoms with van der Waals surface area (Å²) in [5.74, 6) is -1.27. The summed E-state index contributed by atoms with van der Waals surface area (Å²) in [5.41, 5.74) is 10.4. The number of aliphatic hydroxyl groups is 1. The van der Waals surface area contributed by atoms with Crippen LogP contribution in [0.5, 0.6) is 0 Å². The Morgan fingerprint density at radius 1 is 1.18 bits per heavy atom. The minimum absolute atomic E-state index is 0.167. The van der Waals surface area contributed by atoms with Crippen LogP contribution >= 0.6 is 15.9 Å². The number of halogens is 3. The third-order valence-electron chi connectivity index (χ3n) is 5.45. The van der Waals surface area contributed by atoms with Crippen LogP contribution in [0.2, 0.25) is 0 Å². The molecule has 0 spiro atoms. The van der Waals surface area contributed by atoms with E-state index in [2.05, 4.69) is 40.3 Å². The van der Waals surface area contributed by atoms with E-state index in [0.717, 1.165) is 36.2 Å². The summed E-state index contributed by atoms with van der Waals surface area (Å²) in [6, 6.07) is 7.33. The van der Waals surface area contributed by atoms with E-state index in [1.165, 1.54) is 28.8 Å². The second-order valence-electron chi connectivity index (χ2n) is 7.57. The fourth-order valence-corrected chi connectivity index (χ4v) is 4.62. The summed E-state index contributed by atoms with van der Waals surface area (Å²) >= 11 is 3.69. The molecule has 0 amide bonds. The van der Waals surface area contributed by atoms with Crippen molar-refractivity contribution in [2.75, 3.05) is 6.54 Å². The molecule has 2 aromatic carbocycles. The van der Waals surface area contributed by atoms with Gasteiger partial charge in [-0.05, 0) is 72.6 Å². The first kappa shape index (κ1) is 21.4. The largest absolute Gasteiger partial charge is 0.390 e. The van der Waals surface area contributed by atoms with Crippen LogP contribution in [0.4, 0.5) is 8.78 Å². The second kappa shape index (κ2) is 9.44. The molecular formula is C22H27BrF2N2O. The number of hydrogen-bond donors (Lipinski definition) is 3. The van der Waals surface area contributed by atoms with Gasteiger partial charge in [0.25, 0.3) is 0 Å². The molecule has 0 radical (unpaired) electrons. The number of hydrogen-bond acceptors (Lipinski definition) is 3. The third kappa shape index (κ3) is 5.17. The van der Waals surface area contributed by atoms with Gasteiger partial charge < -0.3 is 16.2 Å². The molecule has 3 atom stereocenters. The van der Waals surface area contributed by atoms with E-state index in [9.17, 15) is 13.9 Å². The Balaban J connectivity index is 1.63. The maximum Gasteiger partial charge on any atom is 0.126 e. The van der Waals surface area contributed by atoms with Crippen molar-refractivity contribution in [2.45, 2.75) is 57.2 Å². The summed E-state index contributed by atoms with van der Waals surface area (Å²) in [7, 11) is 0. The van der Waals surface area contributed by atoms with Crippen LogP contribution in [0, 0.1) is 11.6 Å². The normalized spacial score (nSPS) is 18.6. The smallest absolute Gasteiger partial charge is 0.126 e. The van der Waals surface area contributed by atoms with Crippen LogP contribution in [0.3, 0.4) is 0 Å². The van der Waals surface area contributed by atoms with Gasteiger partial charge in [-0.3, -0.25) is 0 Å². The predicted octanol–water partition coefficient (Wildman–Crippen LogP) is 4.19. The first-order chi connectivity index (χ1) is 13.4. The number of rotatable bonds is 7. The molecule has 1 aliphatic rings. The topological polar surface area (TPSA) is 58.3 Å². The van der Waals surface area contributed by atoms with Gasteiger partial charge in [-0.15, -0.1) is 0 Å². The fraction of sp³-hybridized carbons (Fsp3) is 0.455. The van der Waals surface area contributed by atoms with Gasteiger partial charge >= 0.3 is 0 Å². The number of nitrogens with two attached hydrogens (primary N) is 1. The Morgan fingerprint density at radius 2 is 1.89 bits per heavy atom. The van der Waals surface area contributed by atoms with Crippen LogP contribution < -0.4 is 11.1 Å². The van der Waals surface area contributed by atoms with Crippen molar-refractivity contribution in [3.8, 4) is 0 Å². The van der Waals surface area contributed by atoms with Crippen molar-refractivity contribution in [1.82, 2.24) is 5.32 Å². The second-order valence-corrected chi connectivity index (χ2v) is 8.42. The molecule has 0 fully saturated rings. The molecule has 0 saturated carbocycles. The lowest BCUT2D eigenvalue weighted by Crippen LogP contribution is -2.44. The Hall–Kier alpha value is -1.34. The molecule has 3 rings (SSSR count). The van der Waals surface area contributed by atoms with Gasteiger partial charge in [0.05, 0.1) is 6.10 Å². The molecule has 3 nitrogen and oxygen atoms in total. The maximum atomic E-state index is 13.3.